The molecule has 0 saturated carbocycles. The highest BCUT2D eigenvalue weighted by molar-refractivity contribution is 9.10. The highest BCUT2D eigenvalue weighted by Gasteiger charge is 2.16. The Morgan fingerprint density at radius 2 is 1.91 bits per heavy atom. The number of benzene rings is 3. The van der Waals surface area contributed by atoms with Gasteiger partial charge in [0, 0.05) is 12.1 Å². The topological polar surface area (TPSA) is 123 Å². The summed E-state index contributed by atoms with van der Waals surface area (Å²) in [7, 11) is 1.49. The molecule has 0 saturated heterocycles. The van der Waals surface area contributed by atoms with E-state index < -0.39 is 16.9 Å². The molecule has 1 unspecified atom stereocenters. The molecule has 0 spiro atoms. The molecule has 0 aliphatic rings. The molecule has 3 aromatic carbocycles. The number of amides is 1. The van der Waals surface area contributed by atoms with Gasteiger partial charge in [-0.3, -0.25) is 14.9 Å². The maximum Gasteiger partial charge on any atom is 0.273 e. The Morgan fingerprint density at radius 3 is 2.55 bits per heavy atom. The Morgan fingerprint density at radius 1 is 1.21 bits per heavy atom. The number of nitro groups is 1. The number of nitro benzene ring substituents is 1. The summed E-state index contributed by atoms with van der Waals surface area (Å²) < 4.78 is 11.8. The molecular weight excluding hydrogens is 494 g/mol. The molecule has 170 valence electrons. The molecule has 1 atom stereocenters. The predicted molar refractivity (Wildman–Crippen MR) is 125 cm³/mol. The fourth-order valence-electron chi connectivity index (χ4n) is 2.84. The van der Waals surface area contributed by atoms with E-state index in [0.29, 0.717) is 27.1 Å². The number of aliphatic hydroxyl groups is 1. The zero-order chi connectivity index (χ0) is 23.8. The van der Waals surface area contributed by atoms with Gasteiger partial charge < -0.3 is 14.6 Å². The predicted octanol–water partition coefficient (Wildman–Crippen LogP) is 4.13. The smallest absolute Gasteiger partial charge is 0.273 e. The Kier molecular flexibility index (Phi) is 8.11. The molecule has 10 heteroatoms. The van der Waals surface area contributed by atoms with E-state index in [0.717, 1.165) is 5.56 Å². The summed E-state index contributed by atoms with van der Waals surface area (Å²) in [5.74, 6) is 0.200. The first-order chi connectivity index (χ1) is 15.9. The number of methoxy groups -OCH3 is 1. The van der Waals surface area contributed by atoms with Crippen LogP contribution in [0.1, 0.15) is 22.8 Å². The lowest BCUT2D eigenvalue weighted by Crippen LogP contribution is -2.25. The molecule has 0 heterocycles. The minimum atomic E-state index is -1.33. The number of rotatable bonds is 9. The number of carbonyl (C=O) groups excluding carboxylic acids is 1. The summed E-state index contributed by atoms with van der Waals surface area (Å²) in [5.41, 5.74) is 4.13. The third kappa shape index (κ3) is 6.37. The van der Waals surface area contributed by atoms with Crippen molar-refractivity contribution in [2.75, 3.05) is 7.11 Å². The van der Waals surface area contributed by atoms with Crippen molar-refractivity contribution in [1.29, 1.82) is 0 Å². The minimum Gasteiger partial charge on any atom is -0.493 e. The number of hydrazone groups is 1. The molecule has 1 amide bonds. The quantitative estimate of drug-likeness (QED) is 0.252. The van der Waals surface area contributed by atoms with Crippen LogP contribution < -0.4 is 14.9 Å². The zero-order valence-corrected chi connectivity index (χ0v) is 19.1. The van der Waals surface area contributed by atoms with E-state index in [9.17, 15) is 20.0 Å². The van der Waals surface area contributed by atoms with Crippen molar-refractivity contribution < 1.29 is 24.3 Å². The second-order valence-corrected chi connectivity index (χ2v) is 7.65. The van der Waals surface area contributed by atoms with Crippen molar-refractivity contribution in [2.24, 2.45) is 5.10 Å². The lowest BCUT2D eigenvalue weighted by molar-refractivity contribution is -0.384. The third-order valence-electron chi connectivity index (χ3n) is 4.53. The number of hydrogen-bond acceptors (Lipinski definition) is 7. The van der Waals surface area contributed by atoms with Crippen LogP contribution in [0.3, 0.4) is 0 Å². The Bertz CT molecular complexity index is 1150. The van der Waals surface area contributed by atoms with E-state index in [-0.39, 0.29) is 12.3 Å². The van der Waals surface area contributed by atoms with Crippen LogP contribution in [0.2, 0.25) is 0 Å². The van der Waals surface area contributed by atoms with Gasteiger partial charge in [-0.15, -0.1) is 0 Å². The first-order valence-electron chi connectivity index (χ1n) is 9.68. The highest BCUT2D eigenvalue weighted by Crippen LogP contribution is 2.37. The number of ether oxygens (including phenoxy) is 2. The van der Waals surface area contributed by atoms with Crippen molar-refractivity contribution in [3.8, 4) is 11.5 Å². The molecule has 3 aromatic rings. The number of nitrogens with one attached hydrogen (secondary N) is 1. The Balaban J connectivity index is 1.65. The van der Waals surface area contributed by atoms with Gasteiger partial charge >= 0.3 is 0 Å². The number of nitrogens with zero attached hydrogens (tertiary/aromatic N) is 2. The van der Waals surface area contributed by atoms with Gasteiger partial charge in [0.25, 0.3) is 11.6 Å². The van der Waals surface area contributed by atoms with Crippen LogP contribution >= 0.6 is 15.9 Å². The molecule has 2 N–H and O–H groups in total. The maximum atomic E-state index is 12.1. The summed E-state index contributed by atoms with van der Waals surface area (Å²) in [6.07, 6.45) is 0.0723. The van der Waals surface area contributed by atoms with Crippen molar-refractivity contribution in [3.05, 3.63) is 98.0 Å². The lowest BCUT2D eigenvalue weighted by Gasteiger charge is -2.13. The van der Waals surface area contributed by atoms with E-state index in [1.807, 2.05) is 0 Å². The molecule has 0 bridgehead atoms. The fraction of sp³-hybridized carbons (Fsp3) is 0.130. The van der Waals surface area contributed by atoms with Gasteiger partial charge in [-0.1, -0.05) is 30.3 Å². The first-order valence-corrected chi connectivity index (χ1v) is 10.5. The summed E-state index contributed by atoms with van der Waals surface area (Å²) >= 11 is 3.43. The standard InChI is InChI=1S/C23H20BrN3O6/c1-32-20-12-16(13-25-26-23(29)21(28)17-5-3-2-4-6-17)11-19(24)22(20)33-14-15-7-9-18(10-8-15)27(30)31/h2-13,21,28H,14H2,1H3,(H,26,29)/b25-13+. The molecular formula is C23H20BrN3O6. The Hall–Kier alpha value is -3.76. The van der Waals surface area contributed by atoms with E-state index in [1.165, 1.54) is 25.5 Å². The Labute approximate surface area is 197 Å². The largest absolute Gasteiger partial charge is 0.493 e. The van der Waals surface area contributed by atoms with E-state index in [2.05, 4.69) is 26.5 Å². The number of non-ortho nitro benzene ring substituents is 1. The van der Waals surface area contributed by atoms with Gasteiger partial charge in [-0.2, -0.15) is 5.10 Å². The second-order valence-electron chi connectivity index (χ2n) is 6.79. The van der Waals surface area contributed by atoms with E-state index >= 15 is 0 Å². The minimum absolute atomic E-state index is 0.00419. The van der Waals surface area contributed by atoms with Crippen LogP contribution in [0.25, 0.3) is 0 Å². The molecule has 9 nitrogen and oxygen atoms in total. The second kappa shape index (κ2) is 11.2. The molecule has 0 aliphatic carbocycles. The SMILES string of the molecule is COc1cc(/C=N/NC(=O)C(O)c2ccccc2)cc(Br)c1OCc1ccc([N+](=O)[O-])cc1. The summed E-state index contributed by atoms with van der Waals surface area (Å²) in [6, 6.07) is 18.0. The maximum absolute atomic E-state index is 12.1. The number of aliphatic hydroxyl groups excluding tert-OH is 1. The summed E-state index contributed by atoms with van der Waals surface area (Å²) in [5, 5.41) is 24.7. The molecule has 0 aromatic heterocycles. The first kappa shape index (κ1) is 23.9. The van der Waals surface area contributed by atoms with Crippen molar-refractivity contribution in [3.63, 3.8) is 0 Å². The molecule has 3 rings (SSSR count). The molecule has 0 fully saturated rings. The highest BCUT2D eigenvalue weighted by atomic mass is 79.9. The molecule has 0 aliphatic heterocycles. The van der Waals surface area contributed by atoms with Gasteiger partial charge in [0.2, 0.25) is 0 Å². The van der Waals surface area contributed by atoms with Crippen LogP contribution in [-0.4, -0.2) is 29.3 Å². The molecule has 33 heavy (non-hydrogen) atoms. The van der Waals surface area contributed by atoms with Crippen molar-refractivity contribution >= 4 is 33.7 Å². The number of carbonyl (C=O) groups is 1. The summed E-state index contributed by atoms with van der Waals surface area (Å²) in [4.78, 5) is 22.4. The van der Waals surface area contributed by atoms with Crippen LogP contribution in [0.5, 0.6) is 11.5 Å². The number of halogens is 1. The van der Waals surface area contributed by atoms with Gasteiger partial charge in [-0.25, -0.2) is 5.43 Å². The fourth-order valence-corrected chi connectivity index (χ4v) is 3.42. The zero-order valence-electron chi connectivity index (χ0n) is 17.5. The lowest BCUT2D eigenvalue weighted by atomic mass is 10.1. The van der Waals surface area contributed by atoms with Gasteiger partial charge in [0.05, 0.1) is 22.7 Å². The monoisotopic (exact) mass is 513 g/mol. The van der Waals surface area contributed by atoms with E-state index in [1.54, 1.807) is 54.6 Å². The van der Waals surface area contributed by atoms with Crippen molar-refractivity contribution in [2.45, 2.75) is 12.7 Å². The number of hydrogen-bond donors (Lipinski definition) is 2. The molecule has 0 radical (unpaired) electrons. The normalized spacial score (nSPS) is 11.7. The van der Waals surface area contributed by atoms with Crippen LogP contribution in [0.4, 0.5) is 5.69 Å². The van der Waals surface area contributed by atoms with Crippen LogP contribution in [0.15, 0.2) is 76.3 Å². The van der Waals surface area contributed by atoms with Gasteiger partial charge in [0.1, 0.15) is 6.61 Å². The summed E-state index contributed by atoms with van der Waals surface area (Å²) in [6.45, 7) is 0.174. The van der Waals surface area contributed by atoms with Gasteiger partial charge in [-0.05, 0) is 56.9 Å². The van der Waals surface area contributed by atoms with Crippen molar-refractivity contribution in [1.82, 2.24) is 5.43 Å². The third-order valence-corrected chi connectivity index (χ3v) is 5.12. The van der Waals surface area contributed by atoms with Gasteiger partial charge in [0.15, 0.2) is 17.6 Å². The average molecular weight is 514 g/mol. The van der Waals surface area contributed by atoms with E-state index in [4.69, 9.17) is 9.47 Å². The van der Waals surface area contributed by atoms with Crippen LogP contribution in [-0.2, 0) is 11.4 Å². The van der Waals surface area contributed by atoms with Crippen LogP contribution in [0, 0.1) is 10.1 Å². The average Bonchev–Trinajstić information content (AvgIpc) is 2.83.